The molecule has 0 saturated carbocycles. The predicted octanol–water partition coefficient (Wildman–Crippen LogP) is 1.25. The molecular formula is C14H23N3O2S. The number of nitrogens with zero attached hydrogens (tertiary/aromatic N) is 1. The zero-order chi connectivity index (χ0) is 14.6. The van der Waals surface area contributed by atoms with E-state index in [1.165, 1.54) is 4.31 Å². The molecule has 2 rings (SSSR count). The van der Waals surface area contributed by atoms with Gasteiger partial charge < -0.3 is 5.73 Å². The van der Waals surface area contributed by atoms with Gasteiger partial charge in [-0.1, -0.05) is 37.3 Å². The van der Waals surface area contributed by atoms with Crippen LogP contribution in [0, 0.1) is 5.92 Å². The summed E-state index contributed by atoms with van der Waals surface area (Å²) in [5.74, 6) is 0.598. The molecule has 0 spiro atoms. The van der Waals surface area contributed by atoms with Crippen LogP contribution in [0.1, 0.15) is 31.4 Å². The molecule has 0 aliphatic carbocycles. The van der Waals surface area contributed by atoms with Gasteiger partial charge in [-0.15, -0.1) is 0 Å². The number of benzene rings is 1. The third-order valence-corrected chi connectivity index (χ3v) is 5.44. The summed E-state index contributed by atoms with van der Waals surface area (Å²) >= 11 is 0. The maximum Gasteiger partial charge on any atom is 0.280 e. The quantitative estimate of drug-likeness (QED) is 0.859. The molecule has 1 unspecified atom stereocenters. The van der Waals surface area contributed by atoms with Crippen LogP contribution in [0.25, 0.3) is 0 Å². The summed E-state index contributed by atoms with van der Waals surface area (Å²) in [4.78, 5) is 0. The lowest BCUT2D eigenvalue weighted by Crippen LogP contribution is -2.47. The van der Waals surface area contributed by atoms with Gasteiger partial charge in [-0.05, 0) is 24.3 Å². The minimum Gasteiger partial charge on any atom is -0.329 e. The second kappa shape index (κ2) is 6.67. The van der Waals surface area contributed by atoms with Crippen LogP contribution in [0.2, 0.25) is 0 Å². The molecule has 0 radical (unpaired) electrons. The van der Waals surface area contributed by atoms with Crippen molar-refractivity contribution in [1.82, 2.24) is 9.03 Å². The predicted molar refractivity (Wildman–Crippen MR) is 80.3 cm³/mol. The first-order valence-corrected chi connectivity index (χ1v) is 8.49. The van der Waals surface area contributed by atoms with Gasteiger partial charge >= 0.3 is 0 Å². The van der Waals surface area contributed by atoms with Gasteiger partial charge in [0.1, 0.15) is 0 Å². The molecule has 1 aromatic carbocycles. The van der Waals surface area contributed by atoms with Gasteiger partial charge in [0, 0.05) is 19.6 Å². The normalized spacial score (nSPS) is 19.9. The monoisotopic (exact) mass is 297 g/mol. The molecule has 3 N–H and O–H groups in total. The van der Waals surface area contributed by atoms with Crippen molar-refractivity contribution >= 4 is 10.2 Å². The fraction of sp³-hybridized carbons (Fsp3) is 0.571. The molecule has 20 heavy (non-hydrogen) atoms. The fourth-order valence-electron chi connectivity index (χ4n) is 2.42. The second-order valence-electron chi connectivity index (χ2n) is 5.40. The molecule has 1 heterocycles. The number of rotatable bonds is 5. The van der Waals surface area contributed by atoms with Crippen LogP contribution in [-0.4, -0.2) is 32.4 Å². The molecule has 0 aromatic heterocycles. The molecule has 1 atom stereocenters. The number of nitrogens with one attached hydrogen (secondary N) is 1. The summed E-state index contributed by atoms with van der Waals surface area (Å²) in [7, 11) is -3.46. The zero-order valence-corrected chi connectivity index (χ0v) is 12.6. The van der Waals surface area contributed by atoms with Gasteiger partial charge in [0.25, 0.3) is 10.2 Å². The van der Waals surface area contributed by atoms with E-state index in [9.17, 15) is 8.42 Å². The van der Waals surface area contributed by atoms with Gasteiger partial charge in [0.15, 0.2) is 0 Å². The first-order valence-electron chi connectivity index (χ1n) is 7.05. The van der Waals surface area contributed by atoms with Gasteiger partial charge in [-0.3, -0.25) is 0 Å². The number of hydrogen-bond acceptors (Lipinski definition) is 3. The maximum absolute atomic E-state index is 12.4. The molecule has 112 valence electrons. The molecule has 1 fully saturated rings. The van der Waals surface area contributed by atoms with E-state index in [1.54, 1.807) is 0 Å². The fourth-order valence-corrected chi connectivity index (χ4v) is 3.85. The Morgan fingerprint density at radius 3 is 2.45 bits per heavy atom. The highest BCUT2D eigenvalue weighted by atomic mass is 32.2. The van der Waals surface area contributed by atoms with Crippen molar-refractivity contribution in [1.29, 1.82) is 0 Å². The summed E-state index contributed by atoms with van der Waals surface area (Å²) in [5.41, 5.74) is 6.61. The van der Waals surface area contributed by atoms with Crippen molar-refractivity contribution in [3.05, 3.63) is 35.9 Å². The van der Waals surface area contributed by atoms with Crippen LogP contribution in [-0.2, 0) is 10.2 Å². The van der Waals surface area contributed by atoms with Gasteiger partial charge in [0.2, 0.25) is 0 Å². The SMILES string of the molecule is CC1CCN(S(=O)(=O)NC(CN)c2ccccc2)CC1. The molecule has 0 bridgehead atoms. The highest BCUT2D eigenvalue weighted by Crippen LogP contribution is 2.20. The summed E-state index contributed by atoms with van der Waals surface area (Å²) in [5, 5.41) is 0. The van der Waals surface area contributed by atoms with Crippen molar-refractivity contribution in [3.63, 3.8) is 0 Å². The van der Waals surface area contributed by atoms with E-state index in [0.29, 0.717) is 19.0 Å². The van der Waals surface area contributed by atoms with E-state index in [2.05, 4.69) is 11.6 Å². The Morgan fingerprint density at radius 2 is 1.90 bits per heavy atom. The topological polar surface area (TPSA) is 75.4 Å². The Morgan fingerprint density at radius 1 is 1.30 bits per heavy atom. The van der Waals surface area contributed by atoms with Crippen LogP contribution in [0.5, 0.6) is 0 Å². The van der Waals surface area contributed by atoms with Crippen LogP contribution >= 0.6 is 0 Å². The Bertz CT molecular complexity index is 510. The largest absolute Gasteiger partial charge is 0.329 e. The van der Waals surface area contributed by atoms with E-state index < -0.39 is 10.2 Å². The summed E-state index contributed by atoms with van der Waals surface area (Å²) in [6, 6.07) is 9.07. The molecule has 6 heteroatoms. The van der Waals surface area contributed by atoms with Crippen LogP contribution in [0.3, 0.4) is 0 Å². The standard InChI is InChI=1S/C14H23N3O2S/c1-12-7-9-17(10-8-12)20(18,19)16-14(11-15)13-5-3-2-4-6-13/h2-6,12,14,16H,7-11,15H2,1H3. The first-order chi connectivity index (χ1) is 9.53. The minimum atomic E-state index is -3.46. The third kappa shape index (κ3) is 3.79. The second-order valence-corrected chi connectivity index (χ2v) is 7.11. The number of piperidine rings is 1. The smallest absolute Gasteiger partial charge is 0.280 e. The first kappa shape index (κ1) is 15.4. The Kier molecular flexibility index (Phi) is 5.15. The van der Waals surface area contributed by atoms with Crippen LogP contribution in [0.15, 0.2) is 30.3 Å². The van der Waals surface area contributed by atoms with Crippen molar-refractivity contribution in [2.45, 2.75) is 25.8 Å². The van der Waals surface area contributed by atoms with Gasteiger partial charge in [-0.25, -0.2) is 0 Å². The highest BCUT2D eigenvalue weighted by Gasteiger charge is 2.28. The Hall–Kier alpha value is -0.950. The van der Waals surface area contributed by atoms with Crippen molar-refractivity contribution in [3.8, 4) is 0 Å². The lowest BCUT2D eigenvalue weighted by atomic mass is 10.0. The van der Waals surface area contributed by atoms with E-state index in [0.717, 1.165) is 18.4 Å². The average Bonchev–Trinajstić information content (AvgIpc) is 2.46. The minimum absolute atomic E-state index is 0.244. The molecule has 5 nitrogen and oxygen atoms in total. The summed E-state index contributed by atoms with van der Waals surface area (Å²) in [6.07, 6.45) is 1.83. The maximum atomic E-state index is 12.4. The average molecular weight is 297 g/mol. The van der Waals surface area contributed by atoms with Gasteiger partial charge in [-0.2, -0.15) is 17.4 Å². The molecule has 1 aliphatic heterocycles. The molecular weight excluding hydrogens is 274 g/mol. The van der Waals surface area contributed by atoms with E-state index in [4.69, 9.17) is 5.73 Å². The number of hydrogen-bond donors (Lipinski definition) is 2. The summed E-state index contributed by atoms with van der Waals surface area (Å²) in [6.45, 7) is 3.57. The Balaban J connectivity index is 2.06. The number of nitrogens with two attached hydrogens (primary N) is 1. The van der Waals surface area contributed by atoms with Crippen molar-refractivity contribution < 1.29 is 8.42 Å². The van der Waals surface area contributed by atoms with Crippen molar-refractivity contribution in [2.24, 2.45) is 11.7 Å². The lowest BCUT2D eigenvalue weighted by Gasteiger charge is -2.31. The van der Waals surface area contributed by atoms with Crippen molar-refractivity contribution in [2.75, 3.05) is 19.6 Å². The van der Waals surface area contributed by atoms with E-state index in [1.807, 2.05) is 30.3 Å². The van der Waals surface area contributed by atoms with Gasteiger partial charge in [0.05, 0.1) is 6.04 Å². The van der Waals surface area contributed by atoms with E-state index >= 15 is 0 Å². The molecule has 1 aromatic rings. The van der Waals surface area contributed by atoms with Crippen LogP contribution < -0.4 is 10.5 Å². The Labute approximate surface area is 121 Å². The molecule has 0 amide bonds. The van der Waals surface area contributed by atoms with E-state index in [-0.39, 0.29) is 12.6 Å². The summed E-state index contributed by atoms with van der Waals surface area (Å²) < 4.78 is 29.0. The third-order valence-electron chi connectivity index (χ3n) is 3.81. The molecule has 1 saturated heterocycles. The molecule has 1 aliphatic rings. The zero-order valence-electron chi connectivity index (χ0n) is 11.8. The lowest BCUT2D eigenvalue weighted by molar-refractivity contribution is 0.283. The van der Waals surface area contributed by atoms with Crippen LogP contribution in [0.4, 0.5) is 0 Å². The highest BCUT2D eigenvalue weighted by molar-refractivity contribution is 7.87.